The molecule has 3 heterocycles. The van der Waals surface area contributed by atoms with Gasteiger partial charge in [0.2, 0.25) is 0 Å². The second-order valence-electron chi connectivity index (χ2n) is 4.12. The Kier molecular flexibility index (Phi) is 2.33. The van der Waals surface area contributed by atoms with Crippen LogP contribution in [-0.4, -0.2) is 30.3 Å². The lowest BCUT2D eigenvalue weighted by Crippen LogP contribution is -2.42. The van der Waals surface area contributed by atoms with Gasteiger partial charge in [-0.2, -0.15) is 4.98 Å². The fraction of sp³-hybridized carbons (Fsp3) is 0.700. The normalized spacial score (nSPS) is 29.8. The van der Waals surface area contributed by atoms with Gasteiger partial charge in [0, 0.05) is 13.1 Å². The van der Waals surface area contributed by atoms with Crippen molar-refractivity contribution in [2.45, 2.75) is 30.9 Å². The third-order valence-electron chi connectivity index (χ3n) is 2.99. The van der Waals surface area contributed by atoms with E-state index in [0.717, 1.165) is 31.6 Å². The number of morpholine rings is 1. The summed E-state index contributed by atoms with van der Waals surface area (Å²) in [6, 6.07) is 0.686. The zero-order chi connectivity index (χ0) is 10.3. The first-order valence-corrected chi connectivity index (χ1v) is 5.79. The van der Waals surface area contributed by atoms with Crippen molar-refractivity contribution in [3.05, 3.63) is 12.0 Å². The topological polar surface area (TPSA) is 38.5 Å². The molecule has 0 saturated carbocycles. The minimum absolute atomic E-state index is 0.357. The summed E-state index contributed by atoms with van der Waals surface area (Å²) in [5.74, 6) is 0.403. The SMILES string of the molecule is ClCc1coc(N2CC3CCC(C2)O3)n1. The van der Waals surface area contributed by atoms with E-state index in [1.807, 2.05) is 0 Å². The highest BCUT2D eigenvalue weighted by molar-refractivity contribution is 6.16. The first-order chi connectivity index (χ1) is 7.35. The minimum Gasteiger partial charge on any atom is -0.432 e. The summed E-state index contributed by atoms with van der Waals surface area (Å²) in [6.07, 6.45) is 4.65. The molecule has 82 valence electrons. The van der Waals surface area contributed by atoms with Gasteiger partial charge in [0.1, 0.15) is 6.26 Å². The van der Waals surface area contributed by atoms with Gasteiger partial charge in [0.15, 0.2) is 0 Å². The van der Waals surface area contributed by atoms with Crippen LogP contribution < -0.4 is 4.90 Å². The molecule has 0 spiro atoms. The van der Waals surface area contributed by atoms with E-state index >= 15 is 0 Å². The van der Waals surface area contributed by atoms with Crippen molar-refractivity contribution in [3.63, 3.8) is 0 Å². The van der Waals surface area contributed by atoms with Crippen LogP contribution in [0.5, 0.6) is 0 Å². The van der Waals surface area contributed by atoms with E-state index in [-0.39, 0.29) is 0 Å². The average molecular weight is 229 g/mol. The molecule has 2 aliphatic heterocycles. The van der Waals surface area contributed by atoms with Crippen LogP contribution >= 0.6 is 11.6 Å². The summed E-state index contributed by atoms with van der Waals surface area (Å²) < 4.78 is 11.1. The van der Waals surface area contributed by atoms with Crippen molar-refractivity contribution in [2.75, 3.05) is 18.0 Å². The van der Waals surface area contributed by atoms with Crippen LogP contribution in [0.25, 0.3) is 0 Å². The molecule has 0 amide bonds. The number of ether oxygens (including phenoxy) is 1. The molecule has 1 aromatic rings. The van der Waals surface area contributed by atoms with Gasteiger partial charge in [-0.3, -0.25) is 0 Å². The lowest BCUT2D eigenvalue weighted by molar-refractivity contribution is 0.0288. The van der Waals surface area contributed by atoms with Crippen LogP contribution in [-0.2, 0) is 10.6 Å². The van der Waals surface area contributed by atoms with E-state index in [9.17, 15) is 0 Å². The van der Waals surface area contributed by atoms with E-state index in [4.69, 9.17) is 20.8 Å². The maximum absolute atomic E-state index is 5.74. The molecule has 0 N–H and O–H groups in total. The number of rotatable bonds is 2. The molecule has 0 aliphatic carbocycles. The Labute approximate surface area is 93.2 Å². The monoisotopic (exact) mass is 228 g/mol. The predicted molar refractivity (Wildman–Crippen MR) is 56.2 cm³/mol. The zero-order valence-electron chi connectivity index (χ0n) is 8.36. The third-order valence-corrected chi connectivity index (χ3v) is 3.26. The summed E-state index contributed by atoms with van der Waals surface area (Å²) in [4.78, 5) is 6.48. The van der Waals surface area contributed by atoms with Crippen molar-refractivity contribution in [1.29, 1.82) is 0 Å². The molecule has 3 rings (SSSR count). The molecule has 2 bridgehead atoms. The van der Waals surface area contributed by atoms with Gasteiger partial charge >= 0.3 is 0 Å². The van der Waals surface area contributed by atoms with Gasteiger partial charge in [-0.25, -0.2) is 0 Å². The van der Waals surface area contributed by atoms with Crippen LogP contribution in [0, 0.1) is 0 Å². The van der Waals surface area contributed by atoms with Crippen LogP contribution in [0.15, 0.2) is 10.7 Å². The van der Waals surface area contributed by atoms with Gasteiger partial charge in [0.05, 0.1) is 23.8 Å². The number of halogens is 1. The number of aromatic nitrogens is 1. The second-order valence-corrected chi connectivity index (χ2v) is 4.38. The first kappa shape index (κ1) is 9.48. The standard InChI is InChI=1S/C10H13ClN2O2/c11-3-7-6-14-10(12-7)13-4-8-1-2-9(5-13)15-8/h6,8-9H,1-5H2. The summed E-state index contributed by atoms with van der Waals surface area (Å²) in [5.41, 5.74) is 0.797. The molecule has 2 fully saturated rings. The van der Waals surface area contributed by atoms with Gasteiger partial charge in [-0.05, 0) is 12.8 Å². The van der Waals surface area contributed by atoms with Crippen LogP contribution in [0.4, 0.5) is 6.01 Å². The van der Waals surface area contributed by atoms with Crippen LogP contribution in [0.2, 0.25) is 0 Å². The fourth-order valence-corrected chi connectivity index (χ4v) is 2.40. The molecule has 15 heavy (non-hydrogen) atoms. The maximum atomic E-state index is 5.74. The van der Waals surface area contributed by atoms with E-state index in [1.165, 1.54) is 0 Å². The smallest absolute Gasteiger partial charge is 0.297 e. The van der Waals surface area contributed by atoms with E-state index in [0.29, 0.717) is 24.1 Å². The largest absolute Gasteiger partial charge is 0.432 e. The fourth-order valence-electron chi connectivity index (χ4n) is 2.27. The average Bonchev–Trinajstić information content (AvgIpc) is 2.85. The molecule has 2 atom stereocenters. The zero-order valence-corrected chi connectivity index (χ0v) is 9.11. The lowest BCUT2D eigenvalue weighted by atomic mass is 10.2. The number of alkyl halides is 1. The Balaban J connectivity index is 1.77. The van der Waals surface area contributed by atoms with Crippen LogP contribution in [0.1, 0.15) is 18.5 Å². The molecule has 0 radical (unpaired) electrons. The molecule has 1 aromatic heterocycles. The molecule has 2 unspecified atom stereocenters. The van der Waals surface area contributed by atoms with Gasteiger partial charge in [-0.1, -0.05) is 0 Å². The molecule has 5 heteroatoms. The number of hydrogen-bond acceptors (Lipinski definition) is 4. The highest BCUT2D eigenvalue weighted by atomic mass is 35.5. The second kappa shape index (κ2) is 3.68. The Morgan fingerprint density at radius 2 is 2.13 bits per heavy atom. The maximum Gasteiger partial charge on any atom is 0.297 e. The van der Waals surface area contributed by atoms with Crippen molar-refractivity contribution in [3.8, 4) is 0 Å². The first-order valence-electron chi connectivity index (χ1n) is 5.26. The van der Waals surface area contributed by atoms with E-state index in [1.54, 1.807) is 6.26 Å². The predicted octanol–water partition coefficient (Wildman–Crippen LogP) is 1.78. The number of anilines is 1. The Hall–Kier alpha value is -0.740. The summed E-state index contributed by atoms with van der Waals surface area (Å²) >= 11 is 5.68. The van der Waals surface area contributed by atoms with Gasteiger partial charge in [-0.15, -0.1) is 11.6 Å². The van der Waals surface area contributed by atoms with Crippen molar-refractivity contribution in [2.24, 2.45) is 0 Å². The van der Waals surface area contributed by atoms with E-state index < -0.39 is 0 Å². The van der Waals surface area contributed by atoms with E-state index in [2.05, 4.69) is 9.88 Å². The summed E-state index contributed by atoms with van der Waals surface area (Å²) in [5, 5.41) is 0. The Bertz CT molecular complexity index is 343. The third kappa shape index (κ3) is 1.72. The molecule has 0 aromatic carbocycles. The molecule has 2 aliphatic rings. The molecular weight excluding hydrogens is 216 g/mol. The summed E-state index contributed by atoms with van der Waals surface area (Å²) in [7, 11) is 0. The highest BCUT2D eigenvalue weighted by Crippen LogP contribution is 2.29. The Morgan fingerprint density at radius 3 is 2.73 bits per heavy atom. The molecule has 2 saturated heterocycles. The lowest BCUT2D eigenvalue weighted by Gasteiger charge is -2.30. The molecule has 4 nitrogen and oxygen atoms in total. The van der Waals surface area contributed by atoms with Gasteiger partial charge in [0.25, 0.3) is 6.01 Å². The number of hydrogen-bond donors (Lipinski definition) is 0. The number of oxazole rings is 1. The quantitative estimate of drug-likeness (QED) is 0.724. The van der Waals surface area contributed by atoms with Gasteiger partial charge < -0.3 is 14.1 Å². The number of nitrogens with zero attached hydrogens (tertiary/aromatic N) is 2. The minimum atomic E-state index is 0.357. The van der Waals surface area contributed by atoms with Crippen molar-refractivity contribution in [1.82, 2.24) is 4.98 Å². The summed E-state index contributed by atoms with van der Waals surface area (Å²) in [6.45, 7) is 1.78. The van der Waals surface area contributed by atoms with Crippen molar-refractivity contribution >= 4 is 17.6 Å². The Morgan fingerprint density at radius 1 is 1.40 bits per heavy atom. The number of fused-ring (bicyclic) bond motifs is 2. The van der Waals surface area contributed by atoms with Crippen LogP contribution in [0.3, 0.4) is 0 Å². The highest BCUT2D eigenvalue weighted by Gasteiger charge is 2.35. The molecular formula is C10H13ClN2O2. The van der Waals surface area contributed by atoms with Crippen molar-refractivity contribution < 1.29 is 9.15 Å².